The van der Waals surface area contributed by atoms with Crippen LogP contribution >= 0.6 is 0 Å². The zero-order valence-corrected chi connectivity index (χ0v) is 16.8. The van der Waals surface area contributed by atoms with Gasteiger partial charge in [-0.1, -0.05) is 24.3 Å². The van der Waals surface area contributed by atoms with Gasteiger partial charge < -0.3 is 19.4 Å². The van der Waals surface area contributed by atoms with Crippen LogP contribution in [-0.4, -0.2) is 37.2 Å². The van der Waals surface area contributed by atoms with Gasteiger partial charge in [0.1, 0.15) is 5.76 Å². The molecule has 1 aliphatic rings. The molecule has 6 nitrogen and oxygen atoms in total. The topological polar surface area (TPSA) is 67.6 Å². The number of oxazole rings is 1. The second-order valence-electron chi connectivity index (χ2n) is 7.21. The standard InChI is InChI=1S/C23H25N3O3/c1-16-6-3-4-9-20(16)23-25-21(17(2)29-23)15-22(27)24-18-7-5-8-19(14-18)26-10-12-28-13-11-26/h3-9,14H,10-13,15H2,1-2H3,(H,24,27). The molecule has 0 unspecified atom stereocenters. The highest BCUT2D eigenvalue weighted by molar-refractivity contribution is 5.92. The van der Waals surface area contributed by atoms with Crippen LogP contribution in [-0.2, 0) is 16.0 Å². The number of aryl methyl sites for hydroxylation is 2. The Balaban J connectivity index is 1.45. The number of nitrogens with one attached hydrogen (secondary N) is 1. The smallest absolute Gasteiger partial charge is 0.230 e. The van der Waals surface area contributed by atoms with Crippen LogP contribution < -0.4 is 10.2 Å². The molecule has 4 rings (SSSR count). The van der Waals surface area contributed by atoms with Crippen LogP contribution in [0, 0.1) is 13.8 Å². The minimum Gasteiger partial charge on any atom is -0.441 e. The fraction of sp³-hybridized carbons (Fsp3) is 0.304. The average Bonchev–Trinajstić information content (AvgIpc) is 3.09. The molecule has 6 heteroatoms. The average molecular weight is 391 g/mol. The second-order valence-corrected chi connectivity index (χ2v) is 7.21. The molecule has 3 aromatic rings. The highest BCUT2D eigenvalue weighted by Crippen LogP contribution is 2.25. The molecule has 0 spiro atoms. The van der Waals surface area contributed by atoms with E-state index in [9.17, 15) is 4.79 Å². The fourth-order valence-electron chi connectivity index (χ4n) is 3.48. The summed E-state index contributed by atoms with van der Waals surface area (Å²) in [6.45, 7) is 7.03. The predicted octanol–water partition coefficient (Wildman–Crippen LogP) is 3.98. The molecule has 1 fully saturated rings. The van der Waals surface area contributed by atoms with Gasteiger partial charge in [0.2, 0.25) is 11.8 Å². The maximum atomic E-state index is 12.6. The maximum absolute atomic E-state index is 12.6. The third kappa shape index (κ3) is 4.49. The van der Waals surface area contributed by atoms with Crippen LogP contribution in [0.2, 0.25) is 0 Å². The maximum Gasteiger partial charge on any atom is 0.230 e. The van der Waals surface area contributed by atoms with Crippen molar-refractivity contribution in [2.24, 2.45) is 0 Å². The summed E-state index contributed by atoms with van der Waals surface area (Å²) < 4.78 is 11.2. The number of aromatic nitrogens is 1. The van der Waals surface area contributed by atoms with Gasteiger partial charge in [-0.2, -0.15) is 0 Å². The van der Waals surface area contributed by atoms with Crippen LogP contribution in [0.25, 0.3) is 11.5 Å². The van der Waals surface area contributed by atoms with Gasteiger partial charge in [-0.05, 0) is 43.7 Å². The zero-order valence-electron chi connectivity index (χ0n) is 16.8. The number of morpholine rings is 1. The zero-order chi connectivity index (χ0) is 20.2. The summed E-state index contributed by atoms with van der Waals surface area (Å²) in [4.78, 5) is 19.4. The predicted molar refractivity (Wildman–Crippen MR) is 113 cm³/mol. The van der Waals surface area contributed by atoms with Gasteiger partial charge in [0.25, 0.3) is 0 Å². The van der Waals surface area contributed by atoms with Crippen LogP contribution in [0.5, 0.6) is 0 Å². The first-order chi connectivity index (χ1) is 14.1. The molecule has 29 heavy (non-hydrogen) atoms. The Hall–Kier alpha value is -3.12. The van der Waals surface area contributed by atoms with Crippen molar-refractivity contribution in [2.75, 3.05) is 36.5 Å². The quantitative estimate of drug-likeness (QED) is 0.713. The Kier molecular flexibility index (Phi) is 5.62. The number of ether oxygens (including phenoxy) is 1. The van der Waals surface area contributed by atoms with Crippen molar-refractivity contribution in [3.63, 3.8) is 0 Å². The molecule has 0 bridgehead atoms. The van der Waals surface area contributed by atoms with Crippen molar-refractivity contribution in [2.45, 2.75) is 20.3 Å². The Morgan fingerprint density at radius 1 is 1.10 bits per heavy atom. The lowest BCUT2D eigenvalue weighted by atomic mass is 10.1. The van der Waals surface area contributed by atoms with E-state index in [1.807, 2.05) is 56.3 Å². The first kappa shape index (κ1) is 19.2. The SMILES string of the molecule is Cc1ccccc1-c1nc(CC(=O)Nc2cccc(N3CCOCC3)c2)c(C)o1. The summed E-state index contributed by atoms with van der Waals surface area (Å²) in [6.07, 6.45) is 0.170. The van der Waals surface area contributed by atoms with Crippen molar-refractivity contribution in [1.82, 2.24) is 4.98 Å². The van der Waals surface area contributed by atoms with E-state index in [4.69, 9.17) is 9.15 Å². The first-order valence-electron chi connectivity index (χ1n) is 9.85. The molecule has 1 saturated heterocycles. The van der Waals surface area contributed by atoms with Crippen molar-refractivity contribution in [3.05, 3.63) is 65.5 Å². The molecular formula is C23H25N3O3. The minimum absolute atomic E-state index is 0.114. The molecule has 2 heterocycles. The van der Waals surface area contributed by atoms with Gasteiger partial charge in [-0.3, -0.25) is 4.79 Å². The van der Waals surface area contributed by atoms with E-state index < -0.39 is 0 Å². The molecule has 0 radical (unpaired) electrons. The Bertz CT molecular complexity index is 1010. The van der Waals surface area contributed by atoms with E-state index in [0.29, 0.717) is 17.3 Å². The Labute approximate surface area is 170 Å². The lowest BCUT2D eigenvalue weighted by Crippen LogP contribution is -2.36. The first-order valence-corrected chi connectivity index (χ1v) is 9.85. The van der Waals surface area contributed by atoms with Crippen LogP contribution in [0.1, 0.15) is 17.0 Å². The van der Waals surface area contributed by atoms with Crippen molar-refractivity contribution >= 4 is 17.3 Å². The van der Waals surface area contributed by atoms with E-state index in [0.717, 1.165) is 48.8 Å². The summed E-state index contributed by atoms with van der Waals surface area (Å²) in [5, 5.41) is 2.98. The number of hydrogen-bond donors (Lipinski definition) is 1. The van der Waals surface area contributed by atoms with Crippen LogP contribution in [0.4, 0.5) is 11.4 Å². The molecule has 1 aliphatic heterocycles. The molecule has 0 saturated carbocycles. The highest BCUT2D eigenvalue weighted by Gasteiger charge is 2.17. The molecule has 0 aliphatic carbocycles. The number of anilines is 2. The summed E-state index contributed by atoms with van der Waals surface area (Å²) in [6, 6.07) is 15.8. The summed E-state index contributed by atoms with van der Waals surface area (Å²) in [5.41, 5.74) is 4.56. The van der Waals surface area contributed by atoms with Gasteiger partial charge in [0, 0.05) is 30.0 Å². The molecule has 1 aromatic heterocycles. The Morgan fingerprint density at radius 3 is 2.69 bits per heavy atom. The normalized spacial score (nSPS) is 14.1. The molecule has 1 N–H and O–H groups in total. The van der Waals surface area contributed by atoms with Crippen molar-refractivity contribution < 1.29 is 13.9 Å². The van der Waals surface area contributed by atoms with Crippen LogP contribution in [0.15, 0.2) is 52.9 Å². The number of hydrogen-bond acceptors (Lipinski definition) is 5. The molecule has 150 valence electrons. The lowest BCUT2D eigenvalue weighted by molar-refractivity contribution is -0.115. The largest absolute Gasteiger partial charge is 0.441 e. The van der Waals surface area contributed by atoms with Gasteiger partial charge in [0.05, 0.1) is 25.3 Å². The number of nitrogens with zero attached hydrogens (tertiary/aromatic N) is 2. The van der Waals surface area contributed by atoms with Gasteiger partial charge in [0.15, 0.2) is 0 Å². The van der Waals surface area contributed by atoms with Gasteiger partial charge in [-0.15, -0.1) is 0 Å². The van der Waals surface area contributed by atoms with E-state index >= 15 is 0 Å². The number of carbonyl (C=O) groups is 1. The van der Waals surface area contributed by atoms with E-state index in [2.05, 4.69) is 21.3 Å². The summed E-state index contributed by atoms with van der Waals surface area (Å²) >= 11 is 0. The third-order valence-electron chi connectivity index (χ3n) is 5.10. The minimum atomic E-state index is -0.114. The summed E-state index contributed by atoms with van der Waals surface area (Å²) in [7, 11) is 0. The number of amides is 1. The highest BCUT2D eigenvalue weighted by atomic mass is 16.5. The van der Waals surface area contributed by atoms with E-state index in [1.165, 1.54) is 0 Å². The van der Waals surface area contributed by atoms with E-state index in [-0.39, 0.29) is 12.3 Å². The van der Waals surface area contributed by atoms with Gasteiger partial charge >= 0.3 is 0 Å². The molecule has 2 aromatic carbocycles. The van der Waals surface area contributed by atoms with Crippen molar-refractivity contribution in [3.8, 4) is 11.5 Å². The Morgan fingerprint density at radius 2 is 1.90 bits per heavy atom. The van der Waals surface area contributed by atoms with Crippen LogP contribution in [0.3, 0.4) is 0 Å². The molecule has 0 atom stereocenters. The van der Waals surface area contributed by atoms with Crippen molar-refractivity contribution in [1.29, 1.82) is 0 Å². The number of benzene rings is 2. The lowest BCUT2D eigenvalue weighted by Gasteiger charge is -2.29. The third-order valence-corrected chi connectivity index (χ3v) is 5.10. The number of carbonyl (C=O) groups excluding carboxylic acids is 1. The van der Waals surface area contributed by atoms with E-state index in [1.54, 1.807) is 0 Å². The second kappa shape index (κ2) is 8.49. The monoisotopic (exact) mass is 391 g/mol. The fourth-order valence-corrected chi connectivity index (χ4v) is 3.48. The summed E-state index contributed by atoms with van der Waals surface area (Å²) in [5.74, 6) is 1.11. The van der Waals surface area contributed by atoms with Gasteiger partial charge in [-0.25, -0.2) is 4.98 Å². The molecular weight excluding hydrogens is 366 g/mol. The molecule has 1 amide bonds. The number of rotatable bonds is 5.